The maximum absolute atomic E-state index is 5.55. The first-order valence-corrected chi connectivity index (χ1v) is 6.30. The van der Waals surface area contributed by atoms with Gasteiger partial charge in [0.15, 0.2) is 5.76 Å². The fourth-order valence-corrected chi connectivity index (χ4v) is 1.91. The Balaban J connectivity index is 2.53. The van der Waals surface area contributed by atoms with Gasteiger partial charge in [-0.2, -0.15) is 0 Å². The molecule has 0 saturated heterocycles. The Morgan fingerprint density at radius 3 is 2.53 bits per heavy atom. The Labute approximate surface area is 113 Å². The minimum Gasteiger partial charge on any atom is -0.496 e. The molecule has 1 aromatic heterocycles. The third-order valence-corrected chi connectivity index (χ3v) is 3.10. The molecule has 4 heteroatoms. The summed E-state index contributed by atoms with van der Waals surface area (Å²) >= 11 is 0. The molecule has 0 aliphatic heterocycles. The highest BCUT2D eigenvalue weighted by Gasteiger charge is 2.18. The summed E-state index contributed by atoms with van der Waals surface area (Å²) in [4.78, 5) is 0. The lowest BCUT2D eigenvalue weighted by Gasteiger charge is -2.20. The van der Waals surface area contributed by atoms with Crippen molar-refractivity contribution in [2.75, 3.05) is 7.11 Å². The van der Waals surface area contributed by atoms with Crippen molar-refractivity contribution < 1.29 is 9.26 Å². The van der Waals surface area contributed by atoms with E-state index in [4.69, 9.17) is 15.0 Å². The molecule has 0 fully saturated rings. The van der Waals surface area contributed by atoms with E-state index in [1.54, 1.807) is 7.11 Å². The second kappa shape index (κ2) is 5.05. The van der Waals surface area contributed by atoms with Gasteiger partial charge in [0, 0.05) is 11.6 Å². The van der Waals surface area contributed by atoms with Crippen LogP contribution in [0.5, 0.6) is 5.75 Å². The third kappa shape index (κ3) is 2.79. The average molecular weight is 260 g/mol. The second-order valence-corrected chi connectivity index (χ2v) is 5.55. The van der Waals surface area contributed by atoms with Crippen molar-refractivity contribution in [2.45, 2.75) is 32.7 Å². The van der Waals surface area contributed by atoms with E-state index in [2.05, 4.69) is 38.1 Å². The smallest absolute Gasteiger partial charge is 0.150 e. The molecule has 4 nitrogen and oxygen atoms in total. The molecule has 19 heavy (non-hydrogen) atoms. The molecule has 2 aromatic rings. The number of methoxy groups -OCH3 is 1. The highest BCUT2D eigenvalue weighted by Crippen LogP contribution is 2.34. The number of hydrogen-bond acceptors (Lipinski definition) is 4. The number of aromatic nitrogens is 1. The number of benzene rings is 1. The van der Waals surface area contributed by atoms with Crippen LogP contribution in [-0.2, 0) is 12.0 Å². The fraction of sp³-hybridized carbons (Fsp3) is 0.400. The van der Waals surface area contributed by atoms with Gasteiger partial charge in [-0.25, -0.2) is 0 Å². The Morgan fingerprint density at radius 1 is 1.26 bits per heavy atom. The van der Waals surface area contributed by atoms with Gasteiger partial charge in [0.25, 0.3) is 0 Å². The minimum absolute atomic E-state index is 0.0709. The van der Waals surface area contributed by atoms with Crippen LogP contribution in [-0.4, -0.2) is 12.3 Å². The van der Waals surface area contributed by atoms with Gasteiger partial charge in [-0.15, -0.1) is 0 Å². The molecule has 102 valence electrons. The van der Waals surface area contributed by atoms with Gasteiger partial charge in [-0.3, -0.25) is 0 Å². The summed E-state index contributed by atoms with van der Waals surface area (Å²) in [5.74, 6) is 1.45. The number of nitrogens with zero attached hydrogens (tertiary/aromatic N) is 1. The Kier molecular flexibility index (Phi) is 3.62. The summed E-state index contributed by atoms with van der Waals surface area (Å²) in [5, 5.41) is 4.05. The van der Waals surface area contributed by atoms with Crippen molar-refractivity contribution in [3.63, 3.8) is 0 Å². The number of hydrogen-bond donors (Lipinski definition) is 1. The van der Waals surface area contributed by atoms with Crippen molar-refractivity contribution in [3.8, 4) is 17.0 Å². The van der Waals surface area contributed by atoms with Crippen LogP contribution in [0.25, 0.3) is 11.3 Å². The normalized spacial score (nSPS) is 11.6. The van der Waals surface area contributed by atoms with Gasteiger partial charge >= 0.3 is 0 Å². The highest BCUT2D eigenvalue weighted by atomic mass is 16.5. The van der Waals surface area contributed by atoms with E-state index in [1.807, 2.05) is 12.1 Å². The molecule has 0 radical (unpaired) electrons. The molecule has 0 saturated carbocycles. The first-order valence-electron chi connectivity index (χ1n) is 6.30. The second-order valence-electron chi connectivity index (χ2n) is 5.55. The zero-order valence-electron chi connectivity index (χ0n) is 11.9. The van der Waals surface area contributed by atoms with Gasteiger partial charge in [-0.05, 0) is 23.1 Å². The standard InChI is InChI=1S/C15H20N2O2/c1-15(2,3)10-5-6-14(18-4)12(7-10)13-8-11(9-16)19-17-13/h5-8H,9,16H2,1-4H3. The molecule has 2 N–H and O–H groups in total. The summed E-state index contributed by atoms with van der Waals surface area (Å²) in [7, 11) is 1.65. The maximum atomic E-state index is 5.55. The van der Waals surface area contributed by atoms with E-state index in [-0.39, 0.29) is 5.41 Å². The van der Waals surface area contributed by atoms with Crippen LogP contribution < -0.4 is 10.5 Å². The molecule has 1 heterocycles. The van der Waals surface area contributed by atoms with Gasteiger partial charge < -0.3 is 15.0 Å². The van der Waals surface area contributed by atoms with Gasteiger partial charge in [0.05, 0.1) is 13.7 Å². The zero-order chi connectivity index (χ0) is 14.0. The van der Waals surface area contributed by atoms with E-state index in [9.17, 15) is 0 Å². The fourth-order valence-electron chi connectivity index (χ4n) is 1.91. The number of nitrogens with two attached hydrogens (primary N) is 1. The van der Waals surface area contributed by atoms with Gasteiger partial charge in [0.1, 0.15) is 11.4 Å². The summed E-state index contributed by atoms with van der Waals surface area (Å²) < 4.78 is 10.6. The van der Waals surface area contributed by atoms with Crippen LogP contribution >= 0.6 is 0 Å². The lowest BCUT2D eigenvalue weighted by atomic mass is 9.85. The largest absolute Gasteiger partial charge is 0.496 e. The van der Waals surface area contributed by atoms with E-state index >= 15 is 0 Å². The predicted molar refractivity (Wildman–Crippen MR) is 75.1 cm³/mol. The lowest BCUT2D eigenvalue weighted by molar-refractivity contribution is 0.385. The Bertz CT molecular complexity index is 568. The molecule has 0 aliphatic rings. The first kappa shape index (κ1) is 13.6. The summed E-state index contributed by atoms with van der Waals surface area (Å²) in [6.45, 7) is 6.86. The molecule has 0 amide bonds. The molecule has 0 unspecified atom stereocenters. The van der Waals surface area contributed by atoms with Gasteiger partial charge in [-0.1, -0.05) is 32.0 Å². The molecule has 1 aromatic carbocycles. The monoisotopic (exact) mass is 260 g/mol. The van der Waals surface area contributed by atoms with Crippen LogP contribution in [0.15, 0.2) is 28.8 Å². The van der Waals surface area contributed by atoms with Crippen molar-refractivity contribution in [1.29, 1.82) is 0 Å². The Hall–Kier alpha value is -1.81. The topological polar surface area (TPSA) is 61.3 Å². The number of rotatable bonds is 3. The lowest BCUT2D eigenvalue weighted by Crippen LogP contribution is -2.11. The van der Waals surface area contributed by atoms with E-state index < -0.39 is 0 Å². The maximum Gasteiger partial charge on any atom is 0.150 e. The van der Waals surface area contributed by atoms with Crippen LogP contribution in [0.2, 0.25) is 0 Å². The summed E-state index contributed by atoms with van der Waals surface area (Å²) in [6, 6.07) is 7.99. The van der Waals surface area contributed by atoms with Crippen LogP contribution in [0.3, 0.4) is 0 Å². The summed E-state index contributed by atoms with van der Waals surface area (Å²) in [5.41, 5.74) is 8.52. The molecule has 0 spiro atoms. The van der Waals surface area contributed by atoms with E-state index in [0.29, 0.717) is 12.3 Å². The molecular weight excluding hydrogens is 240 g/mol. The molecular formula is C15H20N2O2. The van der Waals surface area contributed by atoms with Crippen molar-refractivity contribution in [3.05, 3.63) is 35.6 Å². The average Bonchev–Trinajstić information content (AvgIpc) is 2.85. The first-order chi connectivity index (χ1) is 8.95. The van der Waals surface area contributed by atoms with Crippen LogP contribution in [0.1, 0.15) is 32.1 Å². The predicted octanol–water partition coefficient (Wildman–Crippen LogP) is 3.11. The van der Waals surface area contributed by atoms with Crippen molar-refractivity contribution in [2.24, 2.45) is 5.73 Å². The molecule has 0 atom stereocenters. The third-order valence-electron chi connectivity index (χ3n) is 3.10. The Morgan fingerprint density at radius 2 is 2.00 bits per heavy atom. The van der Waals surface area contributed by atoms with Crippen molar-refractivity contribution in [1.82, 2.24) is 5.16 Å². The quantitative estimate of drug-likeness (QED) is 0.921. The summed E-state index contributed by atoms with van der Waals surface area (Å²) in [6.07, 6.45) is 0. The van der Waals surface area contributed by atoms with Crippen LogP contribution in [0.4, 0.5) is 0 Å². The zero-order valence-corrected chi connectivity index (χ0v) is 11.9. The van der Waals surface area contributed by atoms with E-state index in [0.717, 1.165) is 17.0 Å². The highest BCUT2D eigenvalue weighted by molar-refractivity contribution is 5.68. The SMILES string of the molecule is COc1ccc(C(C)(C)C)cc1-c1cc(CN)on1. The number of ether oxygens (including phenoxy) is 1. The molecule has 0 aliphatic carbocycles. The van der Waals surface area contributed by atoms with E-state index in [1.165, 1.54) is 5.56 Å². The minimum atomic E-state index is 0.0709. The molecule has 2 rings (SSSR count). The van der Waals surface area contributed by atoms with Crippen LogP contribution in [0, 0.1) is 0 Å². The van der Waals surface area contributed by atoms with Crippen molar-refractivity contribution >= 4 is 0 Å². The van der Waals surface area contributed by atoms with Gasteiger partial charge in [0.2, 0.25) is 0 Å². The molecule has 0 bridgehead atoms.